The predicted molar refractivity (Wildman–Crippen MR) is 118 cm³/mol. The number of hydrogen-bond donors (Lipinski definition) is 0. The van der Waals surface area contributed by atoms with E-state index >= 15 is 0 Å². The largest absolute Gasteiger partial charge is 0.335 e. The van der Waals surface area contributed by atoms with Crippen molar-refractivity contribution in [2.24, 2.45) is 0 Å². The van der Waals surface area contributed by atoms with Crippen molar-refractivity contribution >= 4 is 11.6 Å². The highest BCUT2D eigenvalue weighted by molar-refractivity contribution is 5.94. The van der Waals surface area contributed by atoms with Crippen LogP contribution in [0.3, 0.4) is 0 Å². The van der Waals surface area contributed by atoms with Crippen molar-refractivity contribution in [1.29, 1.82) is 0 Å². The minimum atomic E-state index is -0.00651. The van der Waals surface area contributed by atoms with Crippen LogP contribution in [0.4, 0.5) is 0 Å². The van der Waals surface area contributed by atoms with E-state index in [2.05, 4.69) is 19.1 Å². The Balaban J connectivity index is 1.65. The van der Waals surface area contributed by atoms with E-state index in [1.54, 1.807) is 4.52 Å². The van der Waals surface area contributed by atoms with E-state index in [0.29, 0.717) is 11.3 Å². The Morgan fingerprint density at radius 3 is 2.33 bits per heavy atom. The van der Waals surface area contributed by atoms with Crippen molar-refractivity contribution in [3.63, 3.8) is 0 Å². The van der Waals surface area contributed by atoms with Gasteiger partial charge in [-0.05, 0) is 32.3 Å². The van der Waals surface area contributed by atoms with Crippen molar-refractivity contribution in [3.05, 3.63) is 78.5 Å². The van der Waals surface area contributed by atoms with Gasteiger partial charge in [-0.15, -0.1) is 0 Å². The first-order chi connectivity index (χ1) is 14.7. The molecule has 2 aromatic carbocycles. The molecule has 5 nitrogen and oxygen atoms in total. The van der Waals surface area contributed by atoms with Crippen LogP contribution in [0.5, 0.6) is 0 Å². The first kappa shape index (κ1) is 18.6. The van der Waals surface area contributed by atoms with Gasteiger partial charge in [-0.25, -0.2) is 9.50 Å². The second kappa shape index (κ2) is 7.75. The number of hydrogen-bond acceptors (Lipinski definition) is 3. The molecule has 3 heterocycles. The number of piperidine rings is 1. The molecule has 0 unspecified atom stereocenters. The Kier molecular flexibility index (Phi) is 4.79. The van der Waals surface area contributed by atoms with Crippen LogP contribution in [0, 0.1) is 0 Å². The topological polar surface area (TPSA) is 50.5 Å². The van der Waals surface area contributed by atoms with E-state index in [1.165, 1.54) is 6.42 Å². The lowest BCUT2D eigenvalue weighted by atomic mass is 10.0. The maximum absolute atomic E-state index is 13.2. The summed E-state index contributed by atoms with van der Waals surface area (Å²) in [7, 11) is 0. The molecule has 1 aliphatic rings. The van der Waals surface area contributed by atoms with Gasteiger partial charge in [0.25, 0.3) is 5.91 Å². The zero-order valence-electron chi connectivity index (χ0n) is 17.0. The molecule has 5 heteroatoms. The van der Waals surface area contributed by atoms with Gasteiger partial charge in [0.15, 0.2) is 11.3 Å². The number of likely N-dealkylation sites (tertiary alicyclic amines) is 1. The molecule has 5 rings (SSSR count). The summed E-state index contributed by atoms with van der Waals surface area (Å²) in [5, 5.41) is 4.70. The van der Waals surface area contributed by atoms with Gasteiger partial charge in [-0.3, -0.25) is 4.79 Å². The molecule has 0 N–H and O–H groups in total. The number of aromatic nitrogens is 3. The second-order valence-electron chi connectivity index (χ2n) is 7.90. The molecule has 0 bridgehead atoms. The lowest BCUT2D eigenvalue weighted by Gasteiger charge is -2.32. The van der Waals surface area contributed by atoms with Gasteiger partial charge >= 0.3 is 0 Å². The summed E-state index contributed by atoms with van der Waals surface area (Å²) in [6, 6.07) is 24.3. The Hall–Kier alpha value is -3.47. The summed E-state index contributed by atoms with van der Waals surface area (Å²) in [5.41, 5.74) is 5.01. The number of fused-ring (bicyclic) bond motifs is 1. The molecular formula is C25H24N4O. The highest BCUT2D eigenvalue weighted by Gasteiger charge is 2.26. The summed E-state index contributed by atoms with van der Waals surface area (Å²) in [5.74, 6) is -0.00651. The van der Waals surface area contributed by atoms with Gasteiger partial charge in [0.1, 0.15) is 0 Å². The van der Waals surface area contributed by atoms with Crippen LogP contribution in [-0.2, 0) is 0 Å². The van der Waals surface area contributed by atoms with Crippen LogP contribution in [0.15, 0.2) is 72.8 Å². The Labute approximate surface area is 176 Å². The summed E-state index contributed by atoms with van der Waals surface area (Å²) in [6.07, 6.45) is 3.27. The Bertz CT molecular complexity index is 1180. The fraction of sp³-hybridized carbons (Fsp3) is 0.240. The van der Waals surface area contributed by atoms with Gasteiger partial charge in [0.2, 0.25) is 0 Å². The number of amides is 1. The number of nitrogens with zero attached hydrogens (tertiary/aromatic N) is 4. The van der Waals surface area contributed by atoms with Gasteiger partial charge < -0.3 is 4.90 Å². The maximum Gasteiger partial charge on any atom is 0.274 e. The quantitative estimate of drug-likeness (QED) is 0.485. The molecule has 0 radical (unpaired) electrons. The Morgan fingerprint density at radius 1 is 0.933 bits per heavy atom. The molecule has 4 aromatic rings. The number of carbonyl (C=O) groups is 1. The zero-order chi connectivity index (χ0) is 20.5. The van der Waals surface area contributed by atoms with Crippen molar-refractivity contribution in [3.8, 4) is 22.5 Å². The van der Waals surface area contributed by atoms with Gasteiger partial charge in [-0.2, -0.15) is 5.10 Å². The van der Waals surface area contributed by atoms with E-state index in [0.717, 1.165) is 41.9 Å². The van der Waals surface area contributed by atoms with E-state index in [-0.39, 0.29) is 11.9 Å². The standard InChI is InChI=1S/C25H24N4O/c1-18-10-8-9-15-28(18)25(30)22-17-24-26-21(19-11-4-2-5-12-19)16-23(29(24)27-22)20-13-6-3-7-14-20/h2-7,11-14,16-18H,8-10,15H2,1H3/t18-/m1/s1. The van der Waals surface area contributed by atoms with Crippen molar-refractivity contribution in [1.82, 2.24) is 19.5 Å². The average Bonchev–Trinajstić information content (AvgIpc) is 3.24. The minimum absolute atomic E-state index is 0.00651. The fourth-order valence-corrected chi connectivity index (χ4v) is 4.20. The molecule has 1 atom stereocenters. The molecule has 1 fully saturated rings. The van der Waals surface area contributed by atoms with Crippen LogP contribution in [0.1, 0.15) is 36.7 Å². The maximum atomic E-state index is 13.2. The molecule has 0 saturated carbocycles. The van der Waals surface area contributed by atoms with Crippen molar-refractivity contribution in [2.75, 3.05) is 6.54 Å². The van der Waals surface area contributed by atoms with E-state index in [9.17, 15) is 4.79 Å². The lowest BCUT2D eigenvalue weighted by Crippen LogP contribution is -2.42. The van der Waals surface area contributed by atoms with Gasteiger partial charge in [0.05, 0.1) is 11.4 Å². The normalized spacial score (nSPS) is 16.7. The molecule has 0 aliphatic carbocycles. The highest BCUT2D eigenvalue weighted by Crippen LogP contribution is 2.27. The monoisotopic (exact) mass is 396 g/mol. The Morgan fingerprint density at radius 2 is 1.63 bits per heavy atom. The first-order valence-corrected chi connectivity index (χ1v) is 10.5. The molecule has 1 aliphatic heterocycles. The first-order valence-electron chi connectivity index (χ1n) is 10.5. The van der Waals surface area contributed by atoms with Crippen LogP contribution in [-0.4, -0.2) is 38.0 Å². The highest BCUT2D eigenvalue weighted by atomic mass is 16.2. The van der Waals surface area contributed by atoms with Crippen molar-refractivity contribution in [2.45, 2.75) is 32.2 Å². The summed E-state index contributed by atoms with van der Waals surface area (Å²) >= 11 is 0. The third-order valence-electron chi connectivity index (χ3n) is 5.85. The molecule has 150 valence electrons. The lowest BCUT2D eigenvalue weighted by molar-refractivity contribution is 0.0629. The molecular weight excluding hydrogens is 372 g/mol. The van der Waals surface area contributed by atoms with Crippen LogP contribution in [0.2, 0.25) is 0 Å². The predicted octanol–water partition coefficient (Wildman–Crippen LogP) is 5.08. The van der Waals surface area contributed by atoms with E-state index < -0.39 is 0 Å². The fourth-order valence-electron chi connectivity index (χ4n) is 4.20. The van der Waals surface area contributed by atoms with Crippen LogP contribution in [0.25, 0.3) is 28.2 Å². The van der Waals surface area contributed by atoms with E-state index in [4.69, 9.17) is 10.1 Å². The molecule has 2 aromatic heterocycles. The van der Waals surface area contributed by atoms with Crippen LogP contribution >= 0.6 is 0 Å². The molecule has 0 spiro atoms. The summed E-state index contributed by atoms with van der Waals surface area (Å²) < 4.78 is 1.80. The second-order valence-corrected chi connectivity index (χ2v) is 7.90. The number of benzene rings is 2. The smallest absolute Gasteiger partial charge is 0.274 e. The number of rotatable bonds is 3. The van der Waals surface area contributed by atoms with Gasteiger partial charge in [0, 0.05) is 29.8 Å². The van der Waals surface area contributed by atoms with Crippen molar-refractivity contribution < 1.29 is 4.79 Å². The zero-order valence-corrected chi connectivity index (χ0v) is 17.0. The SMILES string of the molecule is C[C@@H]1CCCCN1C(=O)c1cc2nc(-c3ccccc3)cc(-c3ccccc3)n2n1. The summed E-state index contributed by atoms with van der Waals surface area (Å²) in [6.45, 7) is 2.91. The molecule has 30 heavy (non-hydrogen) atoms. The molecule has 1 saturated heterocycles. The average molecular weight is 396 g/mol. The summed E-state index contributed by atoms with van der Waals surface area (Å²) in [4.78, 5) is 20.0. The minimum Gasteiger partial charge on any atom is -0.335 e. The van der Waals surface area contributed by atoms with E-state index in [1.807, 2.05) is 65.6 Å². The third kappa shape index (κ3) is 3.36. The third-order valence-corrected chi connectivity index (χ3v) is 5.85. The number of carbonyl (C=O) groups excluding carboxylic acids is 1. The van der Waals surface area contributed by atoms with Crippen LogP contribution < -0.4 is 0 Å². The van der Waals surface area contributed by atoms with Gasteiger partial charge in [-0.1, -0.05) is 60.7 Å². The molecule has 1 amide bonds.